The van der Waals surface area contributed by atoms with Gasteiger partial charge in [0.05, 0.1) is 6.20 Å². The molecule has 2 aromatic rings. The summed E-state index contributed by atoms with van der Waals surface area (Å²) >= 11 is 6.61. The Morgan fingerprint density at radius 3 is 2.74 bits per heavy atom. The SMILES string of the molecule is CCc1cnn2c(Cl)c(C3CCCCC3)c(C)nc12. The summed E-state index contributed by atoms with van der Waals surface area (Å²) in [7, 11) is 0. The molecule has 0 aliphatic heterocycles. The first kappa shape index (κ1) is 12.9. The topological polar surface area (TPSA) is 30.2 Å². The molecule has 0 unspecified atom stereocenters. The van der Waals surface area contributed by atoms with Crippen molar-refractivity contribution < 1.29 is 0 Å². The van der Waals surface area contributed by atoms with Crippen LogP contribution in [0.4, 0.5) is 0 Å². The highest BCUT2D eigenvalue weighted by Crippen LogP contribution is 2.37. The molecule has 0 bridgehead atoms. The number of hydrogen-bond donors (Lipinski definition) is 0. The van der Waals surface area contributed by atoms with Crippen molar-refractivity contribution in [3.05, 3.63) is 28.2 Å². The molecule has 2 heterocycles. The van der Waals surface area contributed by atoms with Gasteiger partial charge in [0, 0.05) is 16.8 Å². The molecule has 0 saturated heterocycles. The molecule has 1 aliphatic rings. The number of halogens is 1. The monoisotopic (exact) mass is 277 g/mol. The van der Waals surface area contributed by atoms with E-state index < -0.39 is 0 Å². The third-order valence-electron chi connectivity index (χ3n) is 4.28. The minimum atomic E-state index is 0.562. The zero-order chi connectivity index (χ0) is 13.4. The maximum atomic E-state index is 6.61. The third kappa shape index (κ3) is 2.14. The maximum absolute atomic E-state index is 6.61. The first-order valence-corrected chi connectivity index (χ1v) is 7.62. The number of fused-ring (bicyclic) bond motifs is 1. The van der Waals surface area contributed by atoms with Gasteiger partial charge < -0.3 is 0 Å². The molecule has 0 spiro atoms. The highest BCUT2D eigenvalue weighted by atomic mass is 35.5. The van der Waals surface area contributed by atoms with Crippen LogP contribution >= 0.6 is 11.6 Å². The van der Waals surface area contributed by atoms with Crippen LogP contribution < -0.4 is 0 Å². The van der Waals surface area contributed by atoms with Crippen LogP contribution in [0.15, 0.2) is 6.20 Å². The Balaban J connectivity index is 2.14. The average Bonchev–Trinajstić information content (AvgIpc) is 2.83. The van der Waals surface area contributed by atoms with E-state index in [9.17, 15) is 0 Å². The standard InChI is InChI=1S/C15H20ClN3/c1-3-11-9-17-19-14(16)13(10(2)18-15(11)19)12-7-5-4-6-8-12/h9,12H,3-8H2,1-2H3. The van der Waals surface area contributed by atoms with Crippen molar-refractivity contribution >= 4 is 17.2 Å². The van der Waals surface area contributed by atoms with Crippen molar-refractivity contribution in [2.45, 2.75) is 58.3 Å². The Bertz CT molecular complexity index is 597. The van der Waals surface area contributed by atoms with Crippen LogP contribution in [-0.2, 0) is 6.42 Å². The predicted octanol–water partition coefficient (Wildman–Crippen LogP) is 4.30. The normalized spacial score (nSPS) is 17.2. The lowest BCUT2D eigenvalue weighted by atomic mass is 9.84. The molecule has 0 aromatic carbocycles. The molecule has 0 N–H and O–H groups in total. The highest BCUT2D eigenvalue weighted by molar-refractivity contribution is 6.30. The van der Waals surface area contributed by atoms with Crippen molar-refractivity contribution in [1.29, 1.82) is 0 Å². The van der Waals surface area contributed by atoms with Crippen LogP contribution in [0.2, 0.25) is 5.15 Å². The molecule has 0 amide bonds. The molecule has 3 rings (SSSR count). The van der Waals surface area contributed by atoms with Crippen LogP contribution in [0.25, 0.3) is 5.65 Å². The predicted molar refractivity (Wildman–Crippen MR) is 77.9 cm³/mol. The Hall–Kier alpha value is -1.09. The zero-order valence-corrected chi connectivity index (χ0v) is 12.4. The summed E-state index contributed by atoms with van der Waals surface area (Å²) in [5.74, 6) is 0.562. The van der Waals surface area contributed by atoms with E-state index >= 15 is 0 Å². The molecular formula is C15H20ClN3. The van der Waals surface area contributed by atoms with E-state index in [0.717, 1.165) is 22.9 Å². The van der Waals surface area contributed by atoms with Crippen molar-refractivity contribution in [3.8, 4) is 0 Å². The molecule has 1 fully saturated rings. The quantitative estimate of drug-likeness (QED) is 0.766. The van der Waals surface area contributed by atoms with Gasteiger partial charge in [-0.15, -0.1) is 0 Å². The Morgan fingerprint density at radius 1 is 1.32 bits per heavy atom. The van der Waals surface area contributed by atoms with Gasteiger partial charge in [-0.25, -0.2) is 9.50 Å². The molecule has 1 saturated carbocycles. The first-order valence-electron chi connectivity index (χ1n) is 7.25. The first-order chi connectivity index (χ1) is 9.22. The second-order valence-corrected chi connectivity index (χ2v) is 5.85. The van der Waals surface area contributed by atoms with Crippen molar-refractivity contribution in [2.24, 2.45) is 0 Å². The molecule has 3 nitrogen and oxygen atoms in total. The van der Waals surface area contributed by atoms with Gasteiger partial charge in [0.2, 0.25) is 0 Å². The van der Waals surface area contributed by atoms with Gasteiger partial charge in [-0.05, 0) is 32.1 Å². The Labute approximate surface area is 119 Å². The van der Waals surface area contributed by atoms with Crippen LogP contribution in [0.5, 0.6) is 0 Å². The molecule has 0 radical (unpaired) electrons. The number of aromatic nitrogens is 3. The van der Waals surface area contributed by atoms with Gasteiger partial charge in [-0.1, -0.05) is 37.8 Å². The summed E-state index contributed by atoms with van der Waals surface area (Å²) in [4.78, 5) is 4.76. The van der Waals surface area contributed by atoms with E-state index in [-0.39, 0.29) is 0 Å². The van der Waals surface area contributed by atoms with E-state index in [0.29, 0.717) is 5.92 Å². The van der Waals surface area contributed by atoms with Gasteiger partial charge in [-0.3, -0.25) is 0 Å². The number of aryl methyl sites for hydroxylation is 2. The van der Waals surface area contributed by atoms with E-state index in [4.69, 9.17) is 16.6 Å². The van der Waals surface area contributed by atoms with Gasteiger partial charge in [0.15, 0.2) is 5.65 Å². The van der Waals surface area contributed by atoms with Gasteiger partial charge >= 0.3 is 0 Å². The summed E-state index contributed by atoms with van der Waals surface area (Å²) in [6, 6.07) is 0. The molecule has 2 aromatic heterocycles. The number of rotatable bonds is 2. The minimum Gasteiger partial charge on any atom is -0.233 e. The summed E-state index contributed by atoms with van der Waals surface area (Å²) in [5, 5.41) is 5.18. The molecule has 102 valence electrons. The van der Waals surface area contributed by atoms with E-state index in [2.05, 4.69) is 18.9 Å². The summed E-state index contributed by atoms with van der Waals surface area (Å²) < 4.78 is 1.82. The van der Waals surface area contributed by atoms with Gasteiger partial charge in [0.25, 0.3) is 0 Å². The molecular weight excluding hydrogens is 258 g/mol. The fourth-order valence-electron chi connectivity index (χ4n) is 3.23. The zero-order valence-electron chi connectivity index (χ0n) is 11.6. The molecule has 0 atom stereocenters. The smallest absolute Gasteiger partial charge is 0.160 e. The van der Waals surface area contributed by atoms with Crippen LogP contribution in [0.1, 0.15) is 61.8 Å². The third-order valence-corrected chi connectivity index (χ3v) is 4.65. The Kier molecular flexibility index (Phi) is 3.48. The fraction of sp³-hybridized carbons (Fsp3) is 0.600. The second-order valence-electron chi connectivity index (χ2n) is 5.50. The molecule has 1 aliphatic carbocycles. The van der Waals surface area contributed by atoms with Crippen molar-refractivity contribution in [3.63, 3.8) is 0 Å². The largest absolute Gasteiger partial charge is 0.233 e. The summed E-state index contributed by atoms with van der Waals surface area (Å²) in [5.41, 5.74) is 4.39. The lowest BCUT2D eigenvalue weighted by Crippen LogP contribution is -2.11. The second kappa shape index (κ2) is 5.12. The van der Waals surface area contributed by atoms with Crippen LogP contribution in [-0.4, -0.2) is 14.6 Å². The molecule has 19 heavy (non-hydrogen) atoms. The van der Waals surface area contributed by atoms with Crippen LogP contribution in [0, 0.1) is 6.92 Å². The lowest BCUT2D eigenvalue weighted by Gasteiger charge is -2.24. The number of nitrogens with zero attached hydrogens (tertiary/aromatic N) is 3. The summed E-state index contributed by atoms with van der Waals surface area (Å²) in [6.45, 7) is 4.21. The average molecular weight is 278 g/mol. The van der Waals surface area contributed by atoms with E-state index in [1.165, 1.54) is 43.2 Å². The highest BCUT2D eigenvalue weighted by Gasteiger charge is 2.23. The maximum Gasteiger partial charge on any atom is 0.160 e. The Morgan fingerprint density at radius 2 is 2.05 bits per heavy atom. The molecule has 4 heteroatoms. The van der Waals surface area contributed by atoms with E-state index in [1.54, 1.807) is 0 Å². The van der Waals surface area contributed by atoms with Gasteiger partial charge in [0.1, 0.15) is 5.15 Å². The fourth-order valence-corrected chi connectivity index (χ4v) is 3.64. The van der Waals surface area contributed by atoms with Gasteiger partial charge in [-0.2, -0.15) is 5.10 Å². The summed E-state index contributed by atoms with van der Waals surface area (Å²) in [6.07, 6.45) is 9.25. The minimum absolute atomic E-state index is 0.562. The number of hydrogen-bond acceptors (Lipinski definition) is 2. The van der Waals surface area contributed by atoms with Crippen molar-refractivity contribution in [2.75, 3.05) is 0 Å². The van der Waals surface area contributed by atoms with E-state index in [1.807, 2.05) is 10.7 Å². The lowest BCUT2D eigenvalue weighted by molar-refractivity contribution is 0.440. The van der Waals surface area contributed by atoms with Crippen molar-refractivity contribution in [1.82, 2.24) is 14.6 Å². The van der Waals surface area contributed by atoms with Crippen LogP contribution in [0.3, 0.4) is 0 Å².